The van der Waals surface area contributed by atoms with E-state index in [1.807, 2.05) is 0 Å². The van der Waals surface area contributed by atoms with E-state index in [9.17, 15) is 0 Å². The van der Waals surface area contributed by atoms with Gasteiger partial charge in [-0.05, 0) is 5.92 Å². The monoisotopic (exact) mass is 143 g/mol. The Morgan fingerprint density at radius 3 is 2.22 bits per heavy atom. The lowest BCUT2D eigenvalue weighted by atomic mass is 10.0. The van der Waals surface area contributed by atoms with Crippen LogP contribution in [-0.4, -0.2) is 17.4 Å². The van der Waals surface area contributed by atoms with Gasteiger partial charge in [-0.25, -0.2) is 0 Å². The minimum Gasteiger partial charge on any atom is -0.0654 e. The van der Waals surface area contributed by atoms with E-state index in [1.165, 1.54) is 25.7 Å². The Morgan fingerprint density at radius 1 is 1.33 bits per heavy atom. The molecule has 0 spiro atoms. The van der Waals surface area contributed by atoms with E-state index >= 15 is 0 Å². The smallest absolute Gasteiger partial charge is 0.0654 e. The second-order valence-electron chi connectivity index (χ2n) is 2.42. The first kappa shape index (κ1) is 12.2. The summed E-state index contributed by atoms with van der Waals surface area (Å²) in [7, 11) is 0. The Morgan fingerprint density at radius 2 is 1.89 bits per heavy atom. The lowest BCUT2D eigenvalue weighted by molar-refractivity contribution is 0.537. The summed E-state index contributed by atoms with van der Waals surface area (Å²) < 4.78 is 0. The standard InChI is InChI=1S/C8H17.Al.3H/c1-4-6-7-8(3)5-2;;;;/h8H,3-7H2,1-2H3;;;;. The van der Waals surface area contributed by atoms with Gasteiger partial charge in [-0.2, -0.15) is 0 Å². The molecule has 1 radical (unpaired) electrons. The van der Waals surface area contributed by atoms with Crippen molar-refractivity contribution < 1.29 is 0 Å². The van der Waals surface area contributed by atoms with E-state index in [1.54, 1.807) is 0 Å². The molecule has 9 heavy (non-hydrogen) atoms. The largest absolute Gasteiger partial charge is 0.187 e. The molecule has 0 saturated heterocycles. The summed E-state index contributed by atoms with van der Waals surface area (Å²) in [6.45, 7) is 8.42. The van der Waals surface area contributed by atoms with Gasteiger partial charge in [-0.1, -0.05) is 46.5 Å². The zero-order valence-corrected chi connectivity index (χ0v) is 6.11. The Kier molecular flexibility index (Phi) is 11.6. The van der Waals surface area contributed by atoms with Gasteiger partial charge in [0.05, 0.1) is 0 Å². The van der Waals surface area contributed by atoms with Gasteiger partial charge in [0.1, 0.15) is 0 Å². The Bertz CT molecular complexity index is 43.8. The van der Waals surface area contributed by atoms with Crippen LogP contribution in [0, 0.1) is 12.8 Å². The molecule has 0 aliphatic heterocycles. The van der Waals surface area contributed by atoms with Crippen LogP contribution in [-0.2, 0) is 0 Å². The van der Waals surface area contributed by atoms with Crippen molar-refractivity contribution in [3.05, 3.63) is 6.92 Å². The summed E-state index contributed by atoms with van der Waals surface area (Å²) in [4.78, 5) is 0. The fraction of sp³-hybridized carbons (Fsp3) is 0.875. The van der Waals surface area contributed by atoms with Gasteiger partial charge in [0.15, 0.2) is 17.4 Å². The van der Waals surface area contributed by atoms with E-state index in [4.69, 9.17) is 0 Å². The van der Waals surface area contributed by atoms with Crippen molar-refractivity contribution in [2.45, 2.75) is 39.5 Å². The molecule has 0 heterocycles. The van der Waals surface area contributed by atoms with Gasteiger partial charge in [0.25, 0.3) is 0 Å². The fourth-order valence-corrected chi connectivity index (χ4v) is 0.697. The van der Waals surface area contributed by atoms with E-state index < -0.39 is 0 Å². The molecule has 1 unspecified atom stereocenters. The predicted octanol–water partition coefficient (Wildman–Crippen LogP) is 1.85. The molecule has 0 aromatic heterocycles. The first-order valence-electron chi connectivity index (χ1n) is 3.64. The topological polar surface area (TPSA) is 0 Å². The Hall–Kier alpha value is 0.532. The van der Waals surface area contributed by atoms with Crippen LogP contribution in [0.15, 0.2) is 0 Å². The third-order valence-electron chi connectivity index (χ3n) is 1.54. The normalized spacial score (nSPS) is 12.3. The van der Waals surface area contributed by atoms with Crippen LogP contribution in [0.1, 0.15) is 39.5 Å². The highest BCUT2D eigenvalue weighted by Crippen LogP contribution is 2.09. The van der Waals surface area contributed by atoms with Crippen LogP contribution >= 0.6 is 0 Å². The summed E-state index contributed by atoms with van der Waals surface area (Å²) in [5.74, 6) is 0.704. The van der Waals surface area contributed by atoms with Crippen molar-refractivity contribution >= 4 is 17.4 Å². The Balaban J connectivity index is 0. The molecule has 0 aromatic rings. The van der Waals surface area contributed by atoms with Crippen molar-refractivity contribution in [1.82, 2.24) is 0 Å². The zero-order valence-electron chi connectivity index (χ0n) is 6.11. The van der Waals surface area contributed by atoms with Gasteiger partial charge in [0, 0.05) is 0 Å². The highest BCUT2D eigenvalue weighted by molar-refractivity contribution is 5.75. The lowest BCUT2D eigenvalue weighted by Gasteiger charge is -2.04. The molecule has 1 atom stereocenters. The van der Waals surface area contributed by atoms with Gasteiger partial charge >= 0.3 is 0 Å². The van der Waals surface area contributed by atoms with Crippen molar-refractivity contribution in [3.63, 3.8) is 0 Å². The van der Waals surface area contributed by atoms with Crippen LogP contribution in [0.5, 0.6) is 0 Å². The first-order valence-corrected chi connectivity index (χ1v) is 3.64. The average Bonchev–Trinajstić information content (AvgIpc) is 1.83. The van der Waals surface area contributed by atoms with Crippen LogP contribution in [0.2, 0.25) is 0 Å². The molecule has 55 valence electrons. The van der Waals surface area contributed by atoms with E-state index in [0.29, 0.717) is 5.92 Å². The summed E-state index contributed by atoms with van der Waals surface area (Å²) in [6.07, 6.45) is 5.21. The van der Waals surface area contributed by atoms with Crippen molar-refractivity contribution in [2.24, 2.45) is 5.92 Å². The number of unbranched alkanes of at least 4 members (excludes halogenated alkanes) is 1. The van der Waals surface area contributed by atoms with E-state index in [0.717, 1.165) is 0 Å². The molecule has 0 aliphatic rings. The van der Waals surface area contributed by atoms with Gasteiger partial charge in [-0.3, -0.25) is 0 Å². The minimum absolute atomic E-state index is 0. The van der Waals surface area contributed by atoms with Crippen molar-refractivity contribution in [3.8, 4) is 0 Å². The molecule has 0 amide bonds. The molecule has 0 saturated carbocycles. The molecule has 0 nitrogen and oxygen atoms in total. The first-order chi connectivity index (χ1) is 3.81. The molecule has 0 aliphatic carbocycles. The quantitative estimate of drug-likeness (QED) is 0.527. The Labute approximate surface area is 70.2 Å². The van der Waals surface area contributed by atoms with Crippen LogP contribution < -0.4 is 0 Å². The summed E-state index contributed by atoms with van der Waals surface area (Å²) >= 11 is 0. The van der Waals surface area contributed by atoms with Gasteiger partial charge in [-0.15, -0.1) is 0 Å². The summed E-state index contributed by atoms with van der Waals surface area (Å²) in [6, 6.07) is 0. The molecular weight excluding hydrogens is 123 g/mol. The SMILES string of the molecule is [AlH3].[CH2]C(CC)CCCC. The highest BCUT2D eigenvalue weighted by Gasteiger charge is 1.94. The third kappa shape index (κ3) is 8.53. The van der Waals surface area contributed by atoms with E-state index in [-0.39, 0.29) is 17.4 Å². The van der Waals surface area contributed by atoms with Gasteiger partial charge in [0.2, 0.25) is 0 Å². The van der Waals surface area contributed by atoms with Crippen molar-refractivity contribution in [1.29, 1.82) is 0 Å². The molecule has 0 rings (SSSR count). The van der Waals surface area contributed by atoms with Crippen LogP contribution in [0.4, 0.5) is 0 Å². The minimum atomic E-state index is 0. The van der Waals surface area contributed by atoms with Crippen molar-refractivity contribution in [2.75, 3.05) is 0 Å². The third-order valence-corrected chi connectivity index (χ3v) is 1.54. The number of hydrogen-bond acceptors (Lipinski definition) is 0. The fourth-order valence-electron chi connectivity index (χ4n) is 0.697. The maximum absolute atomic E-state index is 3.99. The van der Waals surface area contributed by atoms with Gasteiger partial charge < -0.3 is 0 Å². The molecule has 1 heteroatoms. The number of hydrogen-bond donors (Lipinski definition) is 0. The molecule has 0 aromatic carbocycles. The maximum Gasteiger partial charge on any atom is 0.187 e. The zero-order chi connectivity index (χ0) is 6.41. The van der Waals surface area contributed by atoms with E-state index in [2.05, 4.69) is 20.8 Å². The number of rotatable bonds is 4. The van der Waals surface area contributed by atoms with Crippen LogP contribution in [0.3, 0.4) is 0 Å². The average molecular weight is 143 g/mol. The molecule has 0 fully saturated rings. The highest BCUT2D eigenvalue weighted by atomic mass is 27.0. The second-order valence-corrected chi connectivity index (χ2v) is 2.42. The summed E-state index contributed by atoms with van der Waals surface area (Å²) in [5, 5.41) is 0. The molecule has 0 bridgehead atoms. The molecular formula is C8H20Al. The maximum atomic E-state index is 3.99. The predicted molar refractivity (Wildman–Crippen MR) is 48.6 cm³/mol. The lowest BCUT2D eigenvalue weighted by Crippen LogP contribution is -1.90. The van der Waals surface area contributed by atoms with Crippen LogP contribution in [0.25, 0.3) is 0 Å². The second kappa shape index (κ2) is 8.53. The molecule has 0 N–H and O–H groups in total. The summed E-state index contributed by atoms with van der Waals surface area (Å²) in [5.41, 5.74) is 0.